The Kier molecular flexibility index (Phi) is 4.39. The summed E-state index contributed by atoms with van der Waals surface area (Å²) in [6.45, 7) is 3.53. The van der Waals surface area contributed by atoms with Gasteiger partial charge in [0.15, 0.2) is 0 Å². The summed E-state index contributed by atoms with van der Waals surface area (Å²) in [6, 6.07) is 11.0. The number of nitrogens with one attached hydrogen (secondary N) is 1. The zero-order valence-corrected chi connectivity index (χ0v) is 15.7. The van der Waals surface area contributed by atoms with Gasteiger partial charge in [-0.05, 0) is 55.0 Å². The van der Waals surface area contributed by atoms with Crippen LogP contribution in [-0.2, 0) is 14.8 Å². The Morgan fingerprint density at radius 2 is 1.70 bits per heavy atom. The van der Waals surface area contributed by atoms with E-state index in [9.17, 15) is 17.6 Å². The van der Waals surface area contributed by atoms with Crippen LogP contribution < -0.4 is 10.2 Å². The van der Waals surface area contributed by atoms with Gasteiger partial charge in [0, 0.05) is 37.6 Å². The molecule has 0 bridgehead atoms. The number of anilines is 2. The Morgan fingerprint density at radius 3 is 2.37 bits per heavy atom. The van der Waals surface area contributed by atoms with Crippen LogP contribution in [-0.4, -0.2) is 44.8 Å². The van der Waals surface area contributed by atoms with Crippen molar-refractivity contribution in [1.82, 2.24) is 4.31 Å². The summed E-state index contributed by atoms with van der Waals surface area (Å²) in [7, 11) is -3.63. The van der Waals surface area contributed by atoms with E-state index >= 15 is 0 Å². The van der Waals surface area contributed by atoms with Crippen LogP contribution in [0.15, 0.2) is 47.4 Å². The number of hydrogen-bond acceptors (Lipinski definition) is 4. The van der Waals surface area contributed by atoms with E-state index in [1.165, 1.54) is 16.4 Å². The number of amides is 1. The van der Waals surface area contributed by atoms with Gasteiger partial charge < -0.3 is 10.2 Å². The molecule has 4 rings (SSSR count). The molecule has 2 aromatic rings. The number of halogens is 1. The first kappa shape index (κ1) is 17.9. The van der Waals surface area contributed by atoms with Crippen LogP contribution in [0.1, 0.15) is 18.4 Å². The smallest absolute Gasteiger partial charge is 0.243 e. The van der Waals surface area contributed by atoms with Crippen molar-refractivity contribution in [3.05, 3.63) is 53.8 Å². The summed E-state index contributed by atoms with van der Waals surface area (Å²) in [6.07, 6.45) is 0. The van der Waals surface area contributed by atoms with Gasteiger partial charge in [-0.1, -0.05) is 0 Å². The number of rotatable bonds is 3. The molecule has 1 amide bonds. The van der Waals surface area contributed by atoms with Crippen molar-refractivity contribution in [2.45, 2.75) is 17.7 Å². The standard InChI is InChI=1S/C19H20FN3O3S/c1-13-17-12-16(6-7-18(17)21-19(13)24)27(25,26)23-10-8-22(9-11-23)15-4-2-14(20)3-5-15/h2-7,12-13H,8-11H2,1H3,(H,21,24)/t13-/m1/s1. The molecule has 1 atom stereocenters. The Morgan fingerprint density at radius 1 is 1.04 bits per heavy atom. The third-order valence-electron chi connectivity index (χ3n) is 5.21. The van der Waals surface area contributed by atoms with E-state index in [0.29, 0.717) is 37.4 Å². The van der Waals surface area contributed by atoms with E-state index < -0.39 is 10.0 Å². The van der Waals surface area contributed by atoms with Gasteiger partial charge in [0.1, 0.15) is 5.82 Å². The maximum Gasteiger partial charge on any atom is 0.243 e. The molecule has 1 fully saturated rings. The molecule has 1 N–H and O–H groups in total. The summed E-state index contributed by atoms with van der Waals surface area (Å²) >= 11 is 0. The van der Waals surface area contributed by atoms with Gasteiger partial charge in [0.25, 0.3) is 0 Å². The minimum absolute atomic E-state index is 0.118. The maximum atomic E-state index is 13.1. The molecule has 2 heterocycles. The first-order chi connectivity index (χ1) is 12.9. The SMILES string of the molecule is C[C@H]1C(=O)Nc2ccc(S(=O)(=O)N3CCN(c4ccc(F)cc4)CC3)cc21. The van der Waals surface area contributed by atoms with Crippen LogP contribution in [0, 0.1) is 5.82 Å². The molecule has 2 aliphatic rings. The van der Waals surface area contributed by atoms with E-state index in [-0.39, 0.29) is 22.5 Å². The second-order valence-corrected chi connectivity index (χ2v) is 8.77. The monoisotopic (exact) mass is 389 g/mol. The lowest BCUT2D eigenvalue weighted by molar-refractivity contribution is -0.116. The summed E-state index contributed by atoms with van der Waals surface area (Å²) in [5, 5.41) is 2.75. The highest BCUT2D eigenvalue weighted by Gasteiger charge is 2.32. The highest BCUT2D eigenvalue weighted by atomic mass is 32.2. The number of carbonyl (C=O) groups excluding carboxylic acids is 1. The normalized spacial score (nSPS) is 20.4. The second-order valence-electron chi connectivity index (χ2n) is 6.83. The zero-order chi connectivity index (χ0) is 19.2. The number of sulfonamides is 1. The van der Waals surface area contributed by atoms with Gasteiger partial charge in [-0.15, -0.1) is 0 Å². The third-order valence-corrected chi connectivity index (χ3v) is 7.10. The van der Waals surface area contributed by atoms with Gasteiger partial charge in [-0.3, -0.25) is 4.79 Å². The minimum Gasteiger partial charge on any atom is -0.369 e. The average Bonchev–Trinajstić information content (AvgIpc) is 2.96. The molecule has 8 heteroatoms. The summed E-state index contributed by atoms with van der Waals surface area (Å²) in [5.41, 5.74) is 2.27. The lowest BCUT2D eigenvalue weighted by Gasteiger charge is -2.35. The Labute approximate surface area is 157 Å². The lowest BCUT2D eigenvalue weighted by Crippen LogP contribution is -2.48. The molecule has 0 aliphatic carbocycles. The number of hydrogen-bond donors (Lipinski definition) is 1. The molecular formula is C19H20FN3O3S. The quantitative estimate of drug-likeness (QED) is 0.875. The van der Waals surface area contributed by atoms with Crippen LogP contribution in [0.5, 0.6) is 0 Å². The molecule has 0 spiro atoms. The highest BCUT2D eigenvalue weighted by molar-refractivity contribution is 7.89. The maximum absolute atomic E-state index is 13.1. The van der Waals surface area contributed by atoms with Gasteiger partial charge in [0.2, 0.25) is 15.9 Å². The molecule has 6 nitrogen and oxygen atoms in total. The van der Waals surface area contributed by atoms with Crippen molar-refractivity contribution < 1.29 is 17.6 Å². The predicted molar refractivity (Wildman–Crippen MR) is 101 cm³/mol. The average molecular weight is 389 g/mol. The fraction of sp³-hybridized carbons (Fsp3) is 0.316. The lowest BCUT2D eigenvalue weighted by atomic mass is 10.0. The largest absolute Gasteiger partial charge is 0.369 e. The molecule has 2 aliphatic heterocycles. The molecule has 2 aromatic carbocycles. The molecule has 0 saturated carbocycles. The van der Waals surface area contributed by atoms with E-state index in [2.05, 4.69) is 5.32 Å². The van der Waals surface area contributed by atoms with Crippen molar-refractivity contribution in [3.8, 4) is 0 Å². The Hall–Kier alpha value is -2.45. The van der Waals surface area contributed by atoms with E-state index in [0.717, 1.165) is 5.69 Å². The zero-order valence-electron chi connectivity index (χ0n) is 14.9. The van der Waals surface area contributed by atoms with Crippen molar-refractivity contribution in [2.24, 2.45) is 0 Å². The first-order valence-corrected chi connectivity index (χ1v) is 10.3. The minimum atomic E-state index is -3.63. The molecular weight excluding hydrogens is 369 g/mol. The first-order valence-electron chi connectivity index (χ1n) is 8.82. The fourth-order valence-electron chi connectivity index (χ4n) is 3.54. The number of carbonyl (C=O) groups is 1. The number of nitrogens with zero attached hydrogens (tertiary/aromatic N) is 2. The molecule has 0 aromatic heterocycles. The van der Waals surface area contributed by atoms with Crippen molar-refractivity contribution in [1.29, 1.82) is 0 Å². The second kappa shape index (κ2) is 6.61. The van der Waals surface area contributed by atoms with E-state index in [1.54, 1.807) is 37.3 Å². The fourth-order valence-corrected chi connectivity index (χ4v) is 5.00. The molecule has 0 radical (unpaired) electrons. The van der Waals surface area contributed by atoms with Crippen LogP contribution in [0.4, 0.5) is 15.8 Å². The number of fused-ring (bicyclic) bond motifs is 1. The van der Waals surface area contributed by atoms with Crippen LogP contribution >= 0.6 is 0 Å². The van der Waals surface area contributed by atoms with Crippen molar-refractivity contribution in [3.63, 3.8) is 0 Å². The van der Waals surface area contributed by atoms with Crippen molar-refractivity contribution >= 4 is 27.3 Å². The Balaban J connectivity index is 1.51. The molecule has 27 heavy (non-hydrogen) atoms. The molecule has 1 saturated heterocycles. The molecule has 142 valence electrons. The van der Waals surface area contributed by atoms with Crippen LogP contribution in [0.25, 0.3) is 0 Å². The van der Waals surface area contributed by atoms with Gasteiger partial charge in [-0.2, -0.15) is 4.31 Å². The number of piperazine rings is 1. The van der Waals surface area contributed by atoms with Crippen LogP contribution in [0.3, 0.4) is 0 Å². The van der Waals surface area contributed by atoms with Gasteiger partial charge in [-0.25, -0.2) is 12.8 Å². The van der Waals surface area contributed by atoms with Crippen molar-refractivity contribution in [2.75, 3.05) is 36.4 Å². The summed E-state index contributed by atoms with van der Waals surface area (Å²) in [4.78, 5) is 14.0. The topological polar surface area (TPSA) is 69.7 Å². The third kappa shape index (κ3) is 3.19. The van der Waals surface area contributed by atoms with Gasteiger partial charge >= 0.3 is 0 Å². The summed E-state index contributed by atoms with van der Waals surface area (Å²) in [5.74, 6) is -0.767. The Bertz CT molecular complexity index is 984. The predicted octanol–water partition coefficient (Wildman–Crippen LogP) is 2.39. The number of benzene rings is 2. The van der Waals surface area contributed by atoms with Crippen LogP contribution in [0.2, 0.25) is 0 Å². The van der Waals surface area contributed by atoms with E-state index in [4.69, 9.17) is 0 Å². The summed E-state index contributed by atoms with van der Waals surface area (Å²) < 4.78 is 40.6. The highest BCUT2D eigenvalue weighted by Crippen LogP contribution is 2.34. The van der Waals surface area contributed by atoms with E-state index in [1.807, 2.05) is 4.90 Å². The molecule has 0 unspecified atom stereocenters. The van der Waals surface area contributed by atoms with Gasteiger partial charge in [0.05, 0.1) is 10.8 Å².